The first kappa shape index (κ1) is 32.1. The molecule has 0 atom stereocenters. The number of methoxy groups -OCH3 is 2. The minimum Gasteiger partial charge on any atom is -0.508 e. The van der Waals surface area contributed by atoms with Gasteiger partial charge in [-0.3, -0.25) is 0 Å². The van der Waals surface area contributed by atoms with E-state index in [1.54, 1.807) is 26.4 Å². The fraction of sp³-hybridized carbons (Fsp3) is 0.250. The maximum Gasteiger partial charge on any atom is 0.128 e. The van der Waals surface area contributed by atoms with Gasteiger partial charge in [0.1, 0.15) is 23.0 Å². The van der Waals surface area contributed by atoms with Crippen molar-refractivity contribution >= 4 is 23.8 Å². The molecular weight excluding hydrogens is 575 g/mol. The number of hydrogen-bond acceptors (Lipinski definition) is 4. The van der Waals surface area contributed by atoms with E-state index < -0.39 is 7.92 Å². The summed E-state index contributed by atoms with van der Waals surface area (Å²) in [6.45, 7) is 2.63. The lowest BCUT2D eigenvalue weighted by Crippen LogP contribution is -2.23. The summed E-state index contributed by atoms with van der Waals surface area (Å²) in [4.78, 5) is 0. The van der Waals surface area contributed by atoms with E-state index in [1.807, 2.05) is 19.1 Å². The lowest BCUT2D eigenvalue weighted by molar-refractivity contribution is 0.302. The molecule has 0 amide bonds. The van der Waals surface area contributed by atoms with Crippen LogP contribution in [0.5, 0.6) is 23.0 Å². The summed E-state index contributed by atoms with van der Waals surface area (Å²) in [6, 6.07) is 40.2. The standard InChI is InChI=1S/C40H43O4P/c1-30-37(42-2)27-25-33(40(30)43-3)18-14-17-31-24-26-34(41)29-38(31)44-28-13-12-16-32-15-10-11-23-39(32)45(35-19-6-4-7-20-35)36-21-8-5-9-22-36/h4-11,15,19-27,29,41H,12-14,16-18,28H2,1-3H3. The molecule has 45 heavy (non-hydrogen) atoms. The van der Waals surface area contributed by atoms with Gasteiger partial charge in [0.2, 0.25) is 0 Å². The Morgan fingerprint density at radius 1 is 0.578 bits per heavy atom. The van der Waals surface area contributed by atoms with Crippen molar-refractivity contribution in [3.05, 3.63) is 138 Å². The van der Waals surface area contributed by atoms with Crippen LogP contribution in [0.15, 0.2) is 115 Å². The van der Waals surface area contributed by atoms with Gasteiger partial charge in [0.05, 0.1) is 20.8 Å². The molecule has 4 nitrogen and oxygen atoms in total. The zero-order valence-electron chi connectivity index (χ0n) is 26.5. The highest BCUT2D eigenvalue weighted by atomic mass is 31.1. The Morgan fingerprint density at radius 2 is 1.20 bits per heavy atom. The van der Waals surface area contributed by atoms with Crippen LogP contribution in [0.4, 0.5) is 0 Å². The van der Waals surface area contributed by atoms with Crippen LogP contribution >= 0.6 is 7.92 Å². The molecule has 0 aliphatic carbocycles. The molecule has 0 heterocycles. The van der Waals surface area contributed by atoms with Crippen molar-refractivity contribution in [2.45, 2.75) is 45.4 Å². The Morgan fingerprint density at radius 3 is 1.89 bits per heavy atom. The SMILES string of the molecule is COc1ccc(CCCc2ccc(O)cc2OCCCCc2ccccc2P(c2ccccc2)c2ccccc2)c(OC)c1C. The number of aryl methyl sites for hydroxylation is 3. The molecule has 5 aromatic rings. The molecule has 0 unspecified atom stereocenters. The lowest BCUT2D eigenvalue weighted by Gasteiger charge is -2.22. The highest BCUT2D eigenvalue weighted by Gasteiger charge is 2.19. The van der Waals surface area contributed by atoms with E-state index in [9.17, 15) is 5.11 Å². The van der Waals surface area contributed by atoms with Crippen molar-refractivity contribution in [3.63, 3.8) is 0 Å². The Bertz CT molecular complexity index is 1610. The van der Waals surface area contributed by atoms with Crippen LogP contribution in [0.3, 0.4) is 0 Å². The molecule has 0 spiro atoms. The quantitative estimate of drug-likeness (QED) is 0.0953. The van der Waals surface area contributed by atoms with Gasteiger partial charge in [-0.2, -0.15) is 0 Å². The molecule has 0 aliphatic rings. The molecule has 0 fully saturated rings. The van der Waals surface area contributed by atoms with Gasteiger partial charge < -0.3 is 19.3 Å². The molecule has 1 N–H and O–H groups in total. The van der Waals surface area contributed by atoms with Crippen LogP contribution in [0, 0.1) is 6.92 Å². The summed E-state index contributed by atoms with van der Waals surface area (Å²) in [6.07, 6.45) is 5.61. The average molecular weight is 619 g/mol. The molecule has 0 radical (unpaired) electrons. The van der Waals surface area contributed by atoms with Crippen molar-refractivity contribution in [2.75, 3.05) is 20.8 Å². The van der Waals surface area contributed by atoms with Gasteiger partial charge in [-0.15, -0.1) is 0 Å². The minimum absolute atomic E-state index is 0.227. The van der Waals surface area contributed by atoms with E-state index in [-0.39, 0.29) is 5.75 Å². The number of aromatic hydroxyl groups is 1. The Hall–Kier alpha value is -4.27. The van der Waals surface area contributed by atoms with E-state index in [1.165, 1.54) is 27.0 Å². The molecule has 5 aromatic carbocycles. The monoisotopic (exact) mass is 618 g/mol. The zero-order valence-corrected chi connectivity index (χ0v) is 27.4. The van der Waals surface area contributed by atoms with Crippen molar-refractivity contribution < 1.29 is 19.3 Å². The van der Waals surface area contributed by atoms with E-state index in [2.05, 4.69) is 91.0 Å². The molecule has 5 heteroatoms. The Labute approximate surface area is 269 Å². The number of phenols is 1. The number of ether oxygens (including phenoxy) is 3. The van der Waals surface area contributed by atoms with Crippen LogP contribution in [0.25, 0.3) is 0 Å². The number of hydrogen-bond donors (Lipinski definition) is 1. The first-order valence-electron chi connectivity index (χ1n) is 15.7. The Kier molecular flexibility index (Phi) is 11.5. The van der Waals surface area contributed by atoms with Crippen LogP contribution < -0.4 is 30.1 Å². The zero-order chi connectivity index (χ0) is 31.4. The van der Waals surface area contributed by atoms with Crippen LogP contribution in [-0.4, -0.2) is 25.9 Å². The average Bonchev–Trinajstić information content (AvgIpc) is 3.07. The number of unbranched alkanes of at least 4 members (excludes halogenated alkanes) is 1. The van der Waals surface area contributed by atoms with Crippen molar-refractivity contribution in [2.24, 2.45) is 0 Å². The molecule has 0 aliphatic heterocycles. The normalized spacial score (nSPS) is 11.0. The van der Waals surface area contributed by atoms with Crippen LogP contribution in [0.2, 0.25) is 0 Å². The molecule has 0 aromatic heterocycles. The van der Waals surface area contributed by atoms with Gasteiger partial charge in [-0.1, -0.05) is 97.1 Å². The third-order valence-corrected chi connectivity index (χ3v) is 10.7. The molecule has 232 valence electrons. The van der Waals surface area contributed by atoms with E-state index in [4.69, 9.17) is 14.2 Å². The van der Waals surface area contributed by atoms with E-state index >= 15 is 0 Å². The molecule has 5 rings (SSSR count). The predicted molar refractivity (Wildman–Crippen MR) is 188 cm³/mol. The highest BCUT2D eigenvalue weighted by molar-refractivity contribution is 7.79. The summed E-state index contributed by atoms with van der Waals surface area (Å²) in [5, 5.41) is 14.4. The number of phenolic OH excluding ortho intramolecular Hbond substituents is 1. The fourth-order valence-corrected chi connectivity index (χ4v) is 8.41. The first-order chi connectivity index (χ1) is 22.1. The summed E-state index contributed by atoms with van der Waals surface area (Å²) >= 11 is 0. The van der Waals surface area contributed by atoms with E-state index in [0.29, 0.717) is 6.61 Å². The molecular formula is C40H43O4P. The van der Waals surface area contributed by atoms with Crippen LogP contribution in [0.1, 0.15) is 41.5 Å². The summed E-state index contributed by atoms with van der Waals surface area (Å²) in [5.74, 6) is 2.72. The van der Waals surface area contributed by atoms with Crippen LogP contribution in [-0.2, 0) is 19.3 Å². The van der Waals surface area contributed by atoms with Gasteiger partial charge in [0, 0.05) is 11.6 Å². The van der Waals surface area contributed by atoms with Crippen molar-refractivity contribution in [1.82, 2.24) is 0 Å². The summed E-state index contributed by atoms with van der Waals surface area (Å²) in [5.41, 5.74) is 4.70. The van der Waals surface area contributed by atoms with Gasteiger partial charge >= 0.3 is 0 Å². The second-order valence-electron chi connectivity index (χ2n) is 11.2. The Balaban J connectivity index is 1.19. The third kappa shape index (κ3) is 8.26. The maximum atomic E-state index is 10.2. The van der Waals surface area contributed by atoms with Gasteiger partial charge in [-0.05, 0) is 98.1 Å². The third-order valence-electron chi connectivity index (χ3n) is 8.16. The second kappa shape index (κ2) is 16.2. The van der Waals surface area contributed by atoms with Crippen molar-refractivity contribution in [1.29, 1.82) is 0 Å². The smallest absolute Gasteiger partial charge is 0.128 e. The molecule has 0 saturated heterocycles. The predicted octanol–water partition coefficient (Wildman–Crippen LogP) is 8.05. The topological polar surface area (TPSA) is 47.9 Å². The van der Waals surface area contributed by atoms with Crippen molar-refractivity contribution in [3.8, 4) is 23.0 Å². The lowest BCUT2D eigenvalue weighted by atomic mass is 10.0. The maximum absolute atomic E-state index is 10.2. The molecule has 0 bridgehead atoms. The highest BCUT2D eigenvalue weighted by Crippen LogP contribution is 2.35. The first-order valence-corrected chi connectivity index (χ1v) is 17.1. The van der Waals surface area contributed by atoms with Gasteiger partial charge in [0.25, 0.3) is 0 Å². The number of benzene rings is 5. The number of rotatable bonds is 15. The second-order valence-corrected chi connectivity index (χ2v) is 13.4. The largest absolute Gasteiger partial charge is 0.508 e. The minimum atomic E-state index is -0.639. The van der Waals surface area contributed by atoms with Gasteiger partial charge in [0.15, 0.2) is 0 Å². The van der Waals surface area contributed by atoms with Gasteiger partial charge in [-0.25, -0.2) is 0 Å². The summed E-state index contributed by atoms with van der Waals surface area (Å²) in [7, 11) is 2.75. The fourth-order valence-electron chi connectivity index (χ4n) is 5.91. The summed E-state index contributed by atoms with van der Waals surface area (Å²) < 4.78 is 17.4. The molecule has 0 saturated carbocycles. The van der Waals surface area contributed by atoms with E-state index in [0.717, 1.165) is 66.9 Å².